The number of H-pyrrole nitrogens is 1. The maximum absolute atomic E-state index is 13.9. The molecule has 0 bridgehead atoms. The molecule has 3 aliphatic heterocycles. The molecule has 3 aliphatic rings. The number of aliphatic imine (C=N–C) groups is 1. The minimum atomic E-state index is -0.643. The number of allylic oxidation sites excluding steroid dienone is 1. The standard InChI is InChI=1S/C47H52ClN7O5/c1-30-12-10-22-49-42(30)38-16-9-17-40(47(3)31(2)13-11-23-53-47)55(38)24-7-8-25-58-46(57)39-21-18-32(28-59-39)54-45-41-36(27-50-44(41)51-29-52-45)43(56)35-20-19-34(26-37(35)48)60-33-14-5-4-6-15-33/h4-6,10-15,19-20,22-23,26-27,29,31-32,38-40H,7-9,16-18,21,24-25,28H2,1-3H3,(H2,50,51,52,54)/t31?,32-,38+,39+,40-,47?/m1/s1. The van der Waals surface area contributed by atoms with Crippen molar-refractivity contribution in [3.8, 4) is 11.5 Å². The highest BCUT2D eigenvalue weighted by molar-refractivity contribution is 6.35. The summed E-state index contributed by atoms with van der Waals surface area (Å²) in [5.41, 5.74) is 3.35. The molecule has 0 radical (unpaired) electrons. The summed E-state index contributed by atoms with van der Waals surface area (Å²) < 4.78 is 17.7. The lowest BCUT2D eigenvalue weighted by Gasteiger charge is -2.51. The molecular formula is C47H52ClN7O5. The summed E-state index contributed by atoms with van der Waals surface area (Å²) in [5, 5.41) is 4.25. The Morgan fingerprint density at radius 2 is 1.87 bits per heavy atom. The second-order valence-corrected chi connectivity index (χ2v) is 16.6. The number of fused-ring (bicyclic) bond motifs is 1. The van der Waals surface area contributed by atoms with Crippen LogP contribution in [0.4, 0.5) is 5.82 Å². The summed E-state index contributed by atoms with van der Waals surface area (Å²) in [7, 11) is 0. The number of aromatic nitrogens is 4. The summed E-state index contributed by atoms with van der Waals surface area (Å²) in [6.45, 7) is 8.18. The van der Waals surface area contributed by atoms with Gasteiger partial charge in [-0.1, -0.05) is 48.9 Å². The van der Waals surface area contributed by atoms with E-state index < -0.39 is 6.10 Å². The highest BCUT2D eigenvalue weighted by Crippen LogP contribution is 2.43. The monoisotopic (exact) mass is 829 g/mol. The van der Waals surface area contributed by atoms with Crippen molar-refractivity contribution in [3.63, 3.8) is 0 Å². The average Bonchev–Trinajstić information content (AvgIpc) is 3.71. The van der Waals surface area contributed by atoms with Gasteiger partial charge in [-0.25, -0.2) is 14.8 Å². The zero-order chi connectivity index (χ0) is 41.6. The van der Waals surface area contributed by atoms with Crippen LogP contribution in [-0.4, -0.2) is 86.3 Å². The van der Waals surface area contributed by atoms with E-state index in [0.717, 1.165) is 44.3 Å². The summed E-state index contributed by atoms with van der Waals surface area (Å²) in [5.74, 6) is 1.38. The number of carbonyl (C=O) groups is 2. The second kappa shape index (κ2) is 18.5. The number of benzene rings is 2. The number of hydrogen-bond donors (Lipinski definition) is 2. The number of likely N-dealkylation sites (tertiary alicyclic amines) is 1. The lowest BCUT2D eigenvalue weighted by molar-refractivity contribution is -0.160. The Kier molecular flexibility index (Phi) is 12.7. The number of ketones is 1. The molecule has 0 amide bonds. The van der Waals surface area contributed by atoms with Gasteiger partial charge < -0.3 is 24.5 Å². The molecular weight excluding hydrogens is 778 g/mol. The number of halogens is 1. The topological polar surface area (TPSA) is 144 Å². The zero-order valence-electron chi connectivity index (χ0n) is 34.4. The van der Waals surface area contributed by atoms with Gasteiger partial charge in [0.15, 0.2) is 11.9 Å². The fourth-order valence-corrected chi connectivity index (χ4v) is 9.18. The van der Waals surface area contributed by atoms with Crippen molar-refractivity contribution in [2.45, 2.75) is 95.5 Å². The maximum atomic E-state index is 13.9. The quantitative estimate of drug-likeness (QED) is 0.0632. The average molecular weight is 830 g/mol. The summed E-state index contributed by atoms with van der Waals surface area (Å²) in [6.07, 6.45) is 16.6. The number of pyridine rings is 1. The van der Waals surface area contributed by atoms with Crippen LogP contribution in [-0.2, 0) is 14.3 Å². The number of ether oxygens (including phenoxy) is 3. The lowest BCUT2D eigenvalue weighted by atomic mass is 9.74. The summed E-state index contributed by atoms with van der Waals surface area (Å²) in [4.78, 5) is 51.5. The zero-order valence-corrected chi connectivity index (χ0v) is 35.1. The minimum absolute atomic E-state index is 0.148. The van der Waals surface area contributed by atoms with Crippen molar-refractivity contribution in [1.82, 2.24) is 24.8 Å². The molecule has 60 heavy (non-hydrogen) atoms. The van der Waals surface area contributed by atoms with Crippen LogP contribution in [0.3, 0.4) is 0 Å². The lowest BCUT2D eigenvalue weighted by Crippen LogP contribution is -2.56. The predicted octanol–water partition coefficient (Wildman–Crippen LogP) is 9.25. The highest BCUT2D eigenvalue weighted by atomic mass is 35.5. The Morgan fingerprint density at radius 3 is 2.65 bits per heavy atom. The molecule has 0 spiro atoms. The molecule has 312 valence electrons. The molecule has 2 saturated heterocycles. The van der Waals surface area contributed by atoms with E-state index in [1.54, 1.807) is 24.4 Å². The van der Waals surface area contributed by atoms with Crippen molar-refractivity contribution >= 4 is 46.4 Å². The number of para-hydroxylation sites is 1. The third kappa shape index (κ3) is 8.87. The fraction of sp³-hybridized carbons (Fsp3) is 0.404. The first-order valence-corrected chi connectivity index (χ1v) is 21.4. The van der Waals surface area contributed by atoms with Crippen molar-refractivity contribution in [3.05, 3.63) is 119 Å². The van der Waals surface area contributed by atoms with Crippen LogP contribution in [0, 0.1) is 12.8 Å². The third-order valence-electron chi connectivity index (χ3n) is 12.4. The van der Waals surface area contributed by atoms with Gasteiger partial charge in [0.25, 0.3) is 0 Å². The molecule has 13 heteroatoms. The molecule has 0 aliphatic carbocycles. The van der Waals surface area contributed by atoms with Crippen LogP contribution >= 0.6 is 11.6 Å². The van der Waals surface area contributed by atoms with Gasteiger partial charge in [-0.15, -0.1) is 0 Å². The SMILES string of the molecule is Cc1cccnc1[C@@H]1CCC[C@H](C2(C)N=CC=CC2C)N1CCCCOC(=O)[C@@H]1CC[C@@H](Nc2ncnc3[nH]cc(C(=O)c4ccc(Oc5ccccc5)cc4Cl)c23)CO1. The van der Waals surface area contributed by atoms with Gasteiger partial charge in [0.05, 0.1) is 52.5 Å². The molecule has 5 aromatic rings. The first-order valence-electron chi connectivity index (χ1n) is 21.0. The predicted molar refractivity (Wildman–Crippen MR) is 233 cm³/mol. The number of piperidine rings is 1. The van der Waals surface area contributed by atoms with E-state index in [0.29, 0.717) is 64.8 Å². The van der Waals surface area contributed by atoms with Crippen molar-refractivity contribution < 1.29 is 23.8 Å². The van der Waals surface area contributed by atoms with Gasteiger partial charge in [-0.2, -0.15) is 0 Å². The van der Waals surface area contributed by atoms with Crippen LogP contribution in [0.1, 0.15) is 92.0 Å². The smallest absolute Gasteiger partial charge is 0.335 e. The molecule has 8 rings (SSSR count). The van der Waals surface area contributed by atoms with E-state index in [1.165, 1.54) is 11.9 Å². The van der Waals surface area contributed by atoms with Crippen LogP contribution in [0.15, 0.2) is 96.5 Å². The number of carbonyl (C=O) groups excluding carboxylic acids is 2. The first-order chi connectivity index (χ1) is 29.2. The normalized spacial score (nSPS) is 24.3. The van der Waals surface area contributed by atoms with E-state index in [1.807, 2.05) is 48.8 Å². The molecule has 0 saturated carbocycles. The van der Waals surface area contributed by atoms with E-state index in [9.17, 15) is 9.59 Å². The van der Waals surface area contributed by atoms with Gasteiger partial charge in [-0.3, -0.25) is 19.7 Å². The first kappa shape index (κ1) is 41.3. The van der Waals surface area contributed by atoms with Crippen molar-refractivity contribution in [2.75, 3.05) is 25.1 Å². The number of dihydropyridines is 1. The fourth-order valence-electron chi connectivity index (χ4n) is 8.93. The Morgan fingerprint density at radius 1 is 1.00 bits per heavy atom. The molecule has 2 aromatic carbocycles. The van der Waals surface area contributed by atoms with Crippen LogP contribution < -0.4 is 10.1 Å². The Labute approximate surface area is 355 Å². The number of nitrogens with zero attached hydrogens (tertiary/aromatic N) is 5. The van der Waals surface area contributed by atoms with Gasteiger partial charge >= 0.3 is 5.97 Å². The number of nitrogens with one attached hydrogen (secondary N) is 2. The van der Waals surface area contributed by atoms with E-state index in [-0.39, 0.29) is 47.0 Å². The molecule has 2 unspecified atom stereocenters. The van der Waals surface area contributed by atoms with Gasteiger partial charge in [-0.05, 0) is 107 Å². The van der Waals surface area contributed by atoms with Gasteiger partial charge in [0.2, 0.25) is 0 Å². The molecule has 12 nitrogen and oxygen atoms in total. The van der Waals surface area contributed by atoms with E-state index in [2.05, 4.69) is 64.2 Å². The van der Waals surface area contributed by atoms with Crippen molar-refractivity contribution in [1.29, 1.82) is 0 Å². The summed E-state index contributed by atoms with van der Waals surface area (Å²) >= 11 is 6.62. The number of rotatable bonds is 14. The number of esters is 1. The number of aromatic amines is 1. The number of anilines is 1. The number of aryl methyl sites for hydroxylation is 1. The van der Waals surface area contributed by atoms with E-state index >= 15 is 0 Å². The van der Waals surface area contributed by atoms with Crippen LogP contribution in [0.2, 0.25) is 5.02 Å². The van der Waals surface area contributed by atoms with Crippen LogP contribution in [0.25, 0.3) is 11.0 Å². The third-order valence-corrected chi connectivity index (χ3v) is 12.7. The number of hydrogen-bond acceptors (Lipinski definition) is 11. The minimum Gasteiger partial charge on any atom is -0.464 e. The second-order valence-electron chi connectivity index (χ2n) is 16.2. The van der Waals surface area contributed by atoms with Gasteiger partial charge in [0, 0.05) is 42.2 Å². The molecule has 3 aromatic heterocycles. The summed E-state index contributed by atoms with van der Waals surface area (Å²) in [6, 6.07) is 18.9. The molecule has 6 heterocycles. The molecule has 2 N–H and O–H groups in total. The van der Waals surface area contributed by atoms with Crippen molar-refractivity contribution in [2.24, 2.45) is 10.9 Å². The van der Waals surface area contributed by atoms with Crippen LogP contribution in [0.5, 0.6) is 11.5 Å². The number of unbranched alkanes of at least 4 members (excludes halogenated alkanes) is 1. The highest BCUT2D eigenvalue weighted by Gasteiger charge is 2.46. The molecule has 6 atom stereocenters. The van der Waals surface area contributed by atoms with Gasteiger partial charge in [0.1, 0.15) is 29.3 Å². The largest absolute Gasteiger partial charge is 0.464 e. The Hall–Kier alpha value is -5.43. The van der Waals surface area contributed by atoms with E-state index in [4.69, 9.17) is 35.8 Å². The Balaban J connectivity index is 0.843. The maximum Gasteiger partial charge on any atom is 0.335 e. The Bertz CT molecular complexity index is 2360. The molecule has 2 fully saturated rings.